The Morgan fingerprint density at radius 1 is 1.38 bits per heavy atom. The Balaban J connectivity index is 0.00000400. The summed E-state index contributed by atoms with van der Waals surface area (Å²) >= 11 is 1.66. The molecule has 0 bridgehead atoms. The van der Waals surface area contributed by atoms with Crippen LogP contribution in [-0.2, 0) is 11.2 Å². The first-order valence-corrected chi connectivity index (χ1v) is 8.17. The third kappa shape index (κ3) is 7.18. The van der Waals surface area contributed by atoms with E-state index in [1.165, 1.54) is 5.56 Å². The zero-order valence-electron chi connectivity index (χ0n) is 12.6. The summed E-state index contributed by atoms with van der Waals surface area (Å²) in [6.07, 6.45) is 2.28. The molecule has 1 amide bonds. The van der Waals surface area contributed by atoms with Crippen LogP contribution < -0.4 is 5.73 Å². The van der Waals surface area contributed by atoms with Gasteiger partial charge in [0.15, 0.2) is 0 Å². The van der Waals surface area contributed by atoms with Crippen molar-refractivity contribution in [3.05, 3.63) is 35.9 Å². The van der Waals surface area contributed by atoms with Crippen LogP contribution in [0.3, 0.4) is 0 Å². The molecule has 4 nitrogen and oxygen atoms in total. The van der Waals surface area contributed by atoms with E-state index in [-0.39, 0.29) is 18.3 Å². The van der Waals surface area contributed by atoms with E-state index >= 15 is 0 Å². The van der Waals surface area contributed by atoms with Gasteiger partial charge in [0, 0.05) is 19.6 Å². The van der Waals surface area contributed by atoms with Crippen LogP contribution >= 0.6 is 24.2 Å². The van der Waals surface area contributed by atoms with Crippen molar-refractivity contribution in [2.24, 2.45) is 5.73 Å². The van der Waals surface area contributed by atoms with Gasteiger partial charge in [0.25, 0.3) is 5.91 Å². The van der Waals surface area contributed by atoms with E-state index in [4.69, 9.17) is 5.73 Å². The molecule has 0 aliphatic heterocycles. The maximum absolute atomic E-state index is 12.1. The zero-order chi connectivity index (χ0) is 15.0. The predicted molar refractivity (Wildman–Crippen MR) is 92.0 cm³/mol. The molecule has 0 radical (unpaired) electrons. The van der Waals surface area contributed by atoms with Crippen LogP contribution in [0.5, 0.6) is 0 Å². The van der Waals surface area contributed by atoms with Crippen molar-refractivity contribution < 1.29 is 9.90 Å². The molecule has 0 fully saturated rings. The average Bonchev–Trinajstić information content (AvgIpc) is 2.49. The smallest absolute Gasteiger partial charge is 0.252 e. The van der Waals surface area contributed by atoms with Gasteiger partial charge in [0.1, 0.15) is 6.10 Å². The van der Waals surface area contributed by atoms with Gasteiger partial charge in [-0.05, 0) is 30.4 Å². The van der Waals surface area contributed by atoms with Gasteiger partial charge in [0.05, 0.1) is 0 Å². The van der Waals surface area contributed by atoms with Crippen molar-refractivity contribution in [1.82, 2.24) is 4.90 Å². The molecule has 1 rings (SSSR count). The number of carbonyl (C=O) groups excluding carboxylic acids is 1. The van der Waals surface area contributed by atoms with E-state index in [1.54, 1.807) is 23.7 Å². The van der Waals surface area contributed by atoms with E-state index in [1.807, 2.05) is 36.6 Å². The van der Waals surface area contributed by atoms with Gasteiger partial charge < -0.3 is 15.7 Å². The molecule has 120 valence electrons. The summed E-state index contributed by atoms with van der Waals surface area (Å²) in [6.45, 7) is 0.579. The van der Waals surface area contributed by atoms with Crippen LogP contribution in [0.4, 0.5) is 0 Å². The number of amides is 1. The van der Waals surface area contributed by atoms with E-state index in [0.29, 0.717) is 13.0 Å². The lowest BCUT2D eigenvalue weighted by atomic mass is 10.1. The number of carbonyl (C=O) groups is 1. The summed E-state index contributed by atoms with van der Waals surface area (Å²) in [5.74, 6) is 0.550. The highest BCUT2D eigenvalue weighted by atomic mass is 35.5. The lowest BCUT2D eigenvalue weighted by Gasteiger charge is -2.24. The SMILES string of the molecule is CSCC[C@@H](N)C(O)C(=O)N(C)CCc1ccccc1.Cl. The van der Waals surface area contributed by atoms with Gasteiger partial charge in [0.2, 0.25) is 0 Å². The minimum atomic E-state index is -1.11. The number of hydrogen-bond acceptors (Lipinski definition) is 4. The Kier molecular flexibility index (Phi) is 10.5. The van der Waals surface area contributed by atoms with Gasteiger partial charge in [-0.2, -0.15) is 11.8 Å². The van der Waals surface area contributed by atoms with E-state index in [0.717, 1.165) is 12.2 Å². The second kappa shape index (κ2) is 10.9. The fourth-order valence-corrected chi connectivity index (χ4v) is 2.38. The van der Waals surface area contributed by atoms with Crippen molar-refractivity contribution in [1.29, 1.82) is 0 Å². The van der Waals surface area contributed by atoms with Crippen molar-refractivity contribution in [3.8, 4) is 0 Å². The Hall–Kier alpha value is -0.750. The maximum atomic E-state index is 12.1. The Labute approximate surface area is 137 Å². The van der Waals surface area contributed by atoms with Crippen LogP contribution in [0.1, 0.15) is 12.0 Å². The number of benzene rings is 1. The first-order valence-electron chi connectivity index (χ1n) is 6.77. The number of likely N-dealkylation sites (N-methyl/N-ethyl adjacent to an activating group) is 1. The number of nitrogens with zero attached hydrogens (tertiary/aromatic N) is 1. The molecule has 0 saturated carbocycles. The number of rotatable bonds is 8. The molecule has 0 aromatic heterocycles. The van der Waals surface area contributed by atoms with Crippen molar-refractivity contribution >= 4 is 30.1 Å². The van der Waals surface area contributed by atoms with Gasteiger partial charge >= 0.3 is 0 Å². The van der Waals surface area contributed by atoms with Gasteiger partial charge in [-0.3, -0.25) is 4.79 Å². The van der Waals surface area contributed by atoms with Gasteiger partial charge in [-0.1, -0.05) is 30.3 Å². The number of thioether (sulfide) groups is 1. The molecular formula is C15H25ClN2O2S. The highest BCUT2D eigenvalue weighted by Crippen LogP contribution is 2.06. The van der Waals surface area contributed by atoms with Crippen molar-refractivity contribution in [2.45, 2.75) is 25.0 Å². The van der Waals surface area contributed by atoms with Crippen LogP contribution in [0.2, 0.25) is 0 Å². The fourth-order valence-electron chi connectivity index (χ4n) is 1.87. The quantitative estimate of drug-likeness (QED) is 0.758. The number of nitrogens with two attached hydrogens (primary N) is 1. The first kappa shape index (κ1) is 20.2. The topological polar surface area (TPSA) is 66.6 Å². The molecule has 1 unspecified atom stereocenters. The van der Waals surface area contributed by atoms with Gasteiger partial charge in [-0.25, -0.2) is 0 Å². The zero-order valence-corrected chi connectivity index (χ0v) is 14.2. The summed E-state index contributed by atoms with van der Waals surface area (Å²) in [5, 5.41) is 9.95. The lowest BCUT2D eigenvalue weighted by molar-refractivity contribution is -0.139. The molecule has 0 spiro atoms. The number of hydrogen-bond donors (Lipinski definition) is 2. The third-order valence-corrected chi connectivity index (χ3v) is 3.91. The molecule has 1 aromatic rings. The molecule has 1 aromatic carbocycles. The number of halogens is 1. The number of aliphatic hydroxyl groups excluding tert-OH is 1. The van der Waals surface area contributed by atoms with Crippen LogP contribution in [0.15, 0.2) is 30.3 Å². The summed E-state index contributed by atoms with van der Waals surface area (Å²) < 4.78 is 0. The van der Waals surface area contributed by atoms with E-state index in [9.17, 15) is 9.90 Å². The summed E-state index contributed by atoms with van der Waals surface area (Å²) in [5.41, 5.74) is 7.01. The van der Waals surface area contributed by atoms with E-state index in [2.05, 4.69) is 0 Å². The predicted octanol–water partition coefficient (Wildman–Crippen LogP) is 1.55. The Bertz CT molecular complexity index is 406. The molecule has 0 aliphatic carbocycles. The molecule has 3 N–H and O–H groups in total. The lowest BCUT2D eigenvalue weighted by Crippen LogP contribution is -2.47. The monoisotopic (exact) mass is 332 g/mol. The van der Waals surface area contributed by atoms with Crippen molar-refractivity contribution in [3.63, 3.8) is 0 Å². The van der Waals surface area contributed by atoms with E-state index < -0.39 is 12.1 Å². The maximum Gasteiger partial charge on any atom is 0.252 e. The largest absolute Gasteiger partial charge is 0.382 e. The fraction of sp³-hybridized carbons (Fsp3) is 0.533. The second-order valence-electron chi connectivity index (χ2n) is 4.89. The van der Waals surface area contributed by atoms with Crippen LogP contribution in [0.25, 0.3) is 0 Å². The normalized spacial score (nSPS) is 13.1. The standard InChI is InChI=1S/C15H24N2O2S.ClH/c1-17(10-8-12-6-4-3-5-7-12)15(19)14(18)13(16)9-11-20-2;/h3-7,13-14,18H,8-11,16H2,1-2H3;1H/t13-,14?;/m1./s1. The Morgan fingerprint density at radius 3 is 2.57 bits per heavy atom. The average molecular weight is 333 g/mol. The molecule has 21 heavy (non-hydrogen) atoms. The highest BCUT2D eigenvalue weighted by Gasteiger charge is 2.25. The molecule has 0 aliphatic rings. The Morgan fingerprint density at radius 2 is 2.00 bits per heavy atom. The molecular weight excluding hydrogens is 308 g/mol. The minimum absolute atomic E-state index is 0. The van der Waals surface area contributed by atoms with Gasteiger partial charge in [-0.15, -0.1) is 12.4 Å². The van der Waals surface area contributed by atoms with Crippen LogP contribution in [0, 0.1) is 0 Å². The second-order valence-corrected chi connectivity index (χ2v) is 5.87. The first-order chi connectivity index (χ1) is 9.56. The third-order valence-electron chi connectivity index (χ3n) is 3.27. The van der Waals surface area contributed by atoms with Crippen molar-refractivity contribution in [2.75, 3.05) is 25.6 Å². The summed E-state index contributed by atoms with van der Waals surface area (Å²) in [6, 6.07) is 9.48. The molecule has 6 heteroatoms. The molecule has 2 atom stereocenters. The molecule has 0 heterocycles. The molecule has 0 saturated heterocycles. The summed E-state index contributed by atoms with van der Waals surface area (Å²) in [7, 11) is 1.70. The number of aliphatic hydroxyl groups is 1. The summed E-state index contributed by atoms with van der Waals surface area (Å²) in [4.78, 5) is 13.6. The van der Waals surface area contributed by atoms with Crippen LogP contribution in [-0.4, -0.2) is 53.7 Å². The highest BCUT2D eigenvalue weighted by molar-refractivity contribution is 7.98. The minimum Gasteiger partial charge on any atom is -0.382 e.